The third-order valence-corrected chi connectivity index (χ3v) is 6.89. The fourth-order valence-corrected chi connectivity index (χ4v) is 4.69. The highest BCUT2D eigenvalue weighted by molar-refractivity contribution is 5.87. The van der Waals surface area contributed by atoms with Crippen LogP contribution in [0.5, 0.6) is 0 Å². The number of carbonyl (C=O) groups excluding carboxylic acids is 1. The summed E-state index contributed by atoms with van der Waals surface area (Å²) in [5.41, 5.74) is 6.47. The van der Waals surface area contributed by atoms with Crippen molar-refractivity contribution in [1.29, 1.82) is 0 Å². The highest BCUT2D eigenvalue weighted by atomic mass is 19.1. The van der Waals surface area contributed by atoms with Crippen molar-refractivity contribution in [2.24, 2.45) is 0 Å². The highest BCUT2D eigenvalue weighted by Crippen LogP contribution is 2.38. The molecule has 4 aromatic rings. The molecule has 1 aliphatic rings. The van der Waals surface area contributed by atoms with E-state index in [1.807, 2.05) is 44.2 Å². The van der Waals surface area contributed by atoms with Gasteiger partial charge in [-0.2, -0.15) is 4.98 Å². The van der Waals surface area contributed by atoms with E-state index in [1.54, 1.807) is 17.0 Å². The number of hydrogen-bond donors (Lipinski definition) is 1. The predicted molar refractivity (Wildman–Crippen MR) is 141 cm³/mol. The quantitative estimate of drug-likeness (QED) is 0.312. The summed E-state index contributed by atoms with van der Waals surface area (Å²) in [4.78, 5) is 19.7. The number of aryl methyl sites for hydroxylation is 3. The maximum absolute atomic E-state index is 13.8. The number of nitrogens with zero attached hydrogens (tertiary/aromatic N) is 3. The number of halogens is 1. The molecule has 1 aromatic heterocycles. The Kier molecular flexibility index (Phi) is 6.86. The van der Waals surface area contributed by atoms with Crippen molar-refractivity contribution in [3.8, 4) is 11.4 Å². The van der Waals surface area contributed by atoms with Gasteiger partial charge in [-0.1, -0.05) is 65.8 Å². The van der Waals surface area contributed by atoms with Crippen LogP contribution in [-0.4, -0.2) is 27.6 Å². The van der Waals surface area contributed by atoms with E-state index in [2.05, 4.69) is 40.6 Å². The maximum atomic E-state index is 13.8. The molecule has 1 unspecified atom stereocenters. The first kappa shape index (κ1) is 24.4. The Balaban J connectivity index is 1.51. The van der Waals surface area contributed by atoms with Crippen LogP contribution in [0.15, 0.2) is 83.0 Å². The summed E-state index contributed by atoms with van der Waals surface area (Å²) in [6, 6.07) is 21.8. The lowest BCUT2D eigenvalue weighted by atomic mass is 9.92. The van der Waals surface area contributed by atoms with Crippen LogP contribution in [0.4, 0.5) is 9.18 Å². The fourth-order valence-electron chi connectivity index (χ4n) is 4.69. The zero-order chi connectivity index (χ0) is 25.9. The molecule has 0 saturated heterocycles. The van der Waals surface area contributed by atoms with Crippen molar-refractivity contribution in [1.82, 2.24) is 20.4 Å². The molecule has 6 nitrogen and oxygen atoms in total. The predicted octanol–water partition coefficient (Wildman–Crippen LogP) is 6.62. The van der Waals surface area contributed by atoms with E-state index in [0.717, 1.165) is 35.2 Å². The monoisotopic (exact) mass is 496 g/mol. The summed E-state index contributed by atoms with van der Waals surface area (Å²) in [6.45, 7) is 6.56. The van der Waals surface area contributed by atoms with E-state index >= 15 is 0 Å². The molecule has 188 valence electrons. The first-order valence-electron chi connectivity index (χ1n) is 12.4. The minimum Gasteiger partial charge on any atom is -0.334 e. The smallest absolute Gasteiger partial charge is 0.322 e. The number of rotatable bonds is 7. The summed E-state index contributed by atoms with van der Waals surface area (Å²) >= 11 is 0. The molecule has 1 aliphatic heterocycles. The average Bonchev–Trinajstić information content (AvgIpc) is 3.38. The standard InChI is InChI=1S/C30H29FN4O2/c1-19-14-15-23(17-20(19)2)27-26(29-33-28(34-37-29)24-12-7-13-25(31)18-24)21(3)35(30(36)32-27)16-8-11-22-9-5-4-6-10-22/h4-7,9-10,12-15,17-18,27H,8,11,16H2,1-3H3,(H,32,36). The van der Waals surface area contributed by atoms with Crippen molar-refractivity contribution in [2.75, 3.05) is 6.54 Å². The zero-order valence-corrected chi connectivity index (χ0v) is 21.2. The minimum absolute atomic E-state index is 0.164. The van der Waals surface area contributed by atoms with Crippen molar-refractivity contribution >= 4 is 11.6 Å². The Morgan fingerprint density at radius 3 is 2.54 bits per heavy atom. The molecule has 2 heterocycles. The number of hydrogen-bond acceptors (Lipinski definition) is 4. The van der Waals surface area contributed by atoms with E-state index in [0.29, 0.717) is 23.8 Å². The average molecular weight is 497 g/mol. The van der Waals surface area contributed by atoms with E-state index in [-0.39, 0.29) is 11.8 Å². The lowest BCUT2D eigenvalue weighted by Gasteiger charge is -2.35. The van der Waals surface area contributed by atoms with Crippen molar-refractivity contribution in [3.63, 3.8) is 0 Å². The number of benzene rings is 3. The van der Waals surface area contributed by atoms with Crippen molar-refractivity contribution in [2.45, 2.75) is 39.7 Å². The molecule has 37 heavy (non-hydrogen) atoms. The number of amides is 2. The Labute approximate surface area is 215 Å². The third kappa shape index (κ3) is 5.16. The molecular formula is C30H29FN4O2. The Morgan fingerprint density at radius 2 is 1.78 bits per heavy atom. The molecule has 1 N–H and O–H groups in total. The minimum atomic E-state index is -0.460. The van der Waals surface area contributed by atoms with Gasteiger partial charge in [0.1, 0.15) is 5.82 Å². The molecule has 2 amide bonds. The Morgan fingerprint density at radius 1 is 0.973 bits per heavy atom. The van der Waals surface area contributed by atoms with Gasteiger partial charge in [0.2, 0.25) is 5.82 Å². The molecule has 5 rings (SSSR count). The fraction of sp³-hybridized carbons (Fsp3) is 0.233. The first-order valence-corrected chi connectivity index (χ1v) is 12.4. The van der Waals surface area contributed by atoms with Crippen LogP contribution in [0, 0.1) is 19.7 Å². The van der Waals surface area contributed by atoms with Crippen LogP contribution < -0.4 is 5.32 Å². The van der Waals surface area contributed by atoms with E-state index in [1.165, 1.54) is 23.3 Å². The Bertz CT molecular complexity index is 1460. The second-order valence-corrected chi connectivity index (χ2v) is 9.40. The molecule has 3 aromatic carbocycles. The topological polar surface area (TPSA) is 71.3 Å². The first-order chi connectivity index (χ1) is 17.9. The van der Waals surface area contributed by atoms with Crippen molar-refractivity contribution in [3.05, 3.63) is 112 Å². The van der Waals surface area contributed by atoms with Gasteiger partial charge in [-0.3, -0.25) is 4.90 Å². The van der Waals surface area contributed by atoms with Crippen LogP contribution in [0.1, 0.15) is 47.5 Å². The summed E-state index contributed by atoms with van der Waals surface area (Å²) < 4.78 is 19.5. The van der Waals surface area contributed by atoms with E-state index < -0.39 is 6.04 Å². The molecule has 0 aliphatic carbocycles. The van der Waals surface area contributed by atoms with Gasteiger partial charge in [0.05, 0.1) is 11.6 Å². The molecule has 0 fully saturated rings. The van der Waals surface area contributed by atoms with Gasteiger partial charge in [0.25, 0.3) is 5.89 Å². The SMILES string of the molecule is CC1=C(c2nc(-c3cccc(F)c3)no2)C(c2ccc(C)c(C)c2)NC(=O)N1CCCc1ccccc1. The third-order valence-electron chi connectivity index (χ3n) is 6.89. The second-order valence-electron chi connectivity index (χ2n) is 9.40. The highest BCUT2D eigenvalue weighted by Gasteiger charge is 2.35. The molecule has 0 bridgehead atoms. The summed E-state index contributed by atoms with van der Waals surface area (Å²) in [5, 5.41) is 7.28. The molecule has 0 saturated carbocycles. The maximum Gasteiger partial charge on any atom is 0.322 e. The van der Waals surface area contributed by atoms with Gasteiger partial charge >= 0.3 is 6.03 Å². The summed E-state index contributed by atoms with van der Waals surface area (Å²) in [5.74, 6) is 0.219. The van der Waals surface area contributed by atoms with Gasteiger partial charge in [0, 0.05) is 17.8 Å². The van der Waals surface area contributed by atoms with Gasteiger partial charge in [0.15, 0.2) is 0 Å². The van der Waals surface area contributed by atoms with Gasteiger partial charge in [-0.05, 0) is 68.0 Å². The van der Waals surface area contributed by atoms with E-state index in [9.17, 15) is 9.18 Å². The van der Waals surface area contributed by atoms with Gasteiger partial charge < -0.3 is 9.84 Å². The van der Waals surface area contributed by atoms with Crippen molar-refractivity contribution < 1.29 is 13.7 Å². The molecule has 7 heteroatoms. The lowest BCUT2D eigenvalue weighted by Crippen LogP contribution is -2.46. The normalized spacial score (nSPS) is 15.7. The number of urea groups is 1. The lowest BCUT2D eigenvalue weighted by molar-refractivity contribution is 0.204. The van der Waals surface area contributed by atoms with Crippen LogP contribution in [0.3, 0.4) is 0 Å². The number of allylic oxidation sites excluding steroid dienone is 1. The summed E-state index contributed by atoms with van der Waals surface area (Å²) in [6.07, 6.45) is 1.66. The zero-order valence-electron chi connectivity index (χ0n) is 21.2. The van der Waals surface area contributed by atoms with Crippen LogP contribution in [0.25, 0.3) is 17.0 Å². The number of nitrogens with one attached hydrogen (secondary N) is 1. The number of carbonyl (C=O) groups is 1. The van der Waals surface area contributed by atoms with Crippen LogP contribution >= 0.6 is 0 Å². The molecule has 1 atom stereocenters. The largest absolute Gasteiger partial charge is 0.334 e. The van der Waals surface area contributed by atoms with E-state index in [4.69, 9.17) is 4.52 Å². The van der Waals surface area contributed by atoms with Crippen LogP contribution in [0.2, 0.25) is 0 Å². The molecular weight excluding hydrogens is 467 g/mol. The molecule has 0 spiro atoms. The van der Waals surface area contributed by atoms with Crippen LogP contribution in [-0.2, 0) is 6.42 Å². The van der Waals surface area contributed by atoms with Gasteiger partial charge in [-0.15, -0.1) is 0 Å². The molecule has 0 radical (unpaired) electrons. The second kappa shape index (κ2) is 10.4. The number of aromatic nitrogens is 2. The van der Waals surface area contributed by atoms with Gasteiger partial charge in [-0.25, -0.2) is 9.18 Å². The summed E-state index contributed by atoms with van der Waals surface area (Å²) in [7, 11) is 0. The Hall–Kier alpha value is -4.26.